The van der Waals surface area contributed by atoms with Crippen molar-refractivity contribution < 1.29 is 28.7 Å². The minimum Gasteiger partial charge on any atom is -1.00 e. The van der Waals surface area contributed by atoms with Gasteiger partial charge in [-0.05, 0) is 37.6 Å². The van der Waals surface area contributed by atoms with Crippen molar-refractivity contribution in [3.8, 4) is 5.75 Å². The fourth-order valence-electron chi connectivity index (χ4n) is 1.68. The van der Waals surface area contributed by atoms with Gasteiger partial charge in [-0.2, -0.15) is 0 Å². The average Bonchev–Trinajstić information content (AvgIpc) is 2.35. The zero-order valence-corrected chi connectivity index (χ0v) is 13.7. The van der Waals surface area contributed by atoms with E-state index in [1.54, 1.807) is 0 Å². The molecule has 0 atom stereocenters. The second-order valence-corrected chi connectivity index (χ2v) is 5.01. The Labute approximate surface area is 130 Å². The van der Waals surface area contributed by atoms with Crippen LogP contribution in [0.25, 0.3) is 0 Å². The number of amidine groups is 1. The summed E-state index contributed by atoms with van der Waals surface area (Å²) >= 11 is 1.83. The molecule has 0 amide bonds. The van der Waals surface area contributed by atoms with Gasteiger partial charge in [-0.1, -0.05) is 11.8 Å². The predicted octanol–water partition coefficient (Wildman–Crippen LogP) is 0.145. The standard InChI is InChI=1S/C13H18N2OS.HI/c1-3-16-12-7-5-11(6-8-12)14-13-15(2)9-4-10-17-13;/h5-8H,3-4,9-10H2,1-2H3;1H/p-1. The zero-order chi connectivity index (χ0) is 12.1. The number of thioether (sulfide) groups is 1. The highest BCUT2D eigenvalue weighted by Gasteiger charge is 2.12. The lowest BCUT2D eigenvalue weighted by atomic mass is 10.3. The van der Waals surface area contributed by atoms with Gasteiger partial charge in [-0.25, -0.2) is 4.99 Å². The van der Waals surface area contributed by atoms with Gasteiger partial charge in [0, 0.05) is 19.3 Å². The molecule has 1 heterocycles. The van der Waals surface area contributed by atoms with Crippen molar-refractivity contribution in [2.45, 2.75) is 13.3 Å². The summed E-state index contributed by atoms with van der Waals surface area (Å²) in [6, 6.07) is 7.94. The molecule has 0 bridgehead atoms. The third kappa shape index (κ3) is 4.35. The number of aliphatic imine (C=N–C) groups is 1. The van der Waals surface area contributed by atoms with Crippen LogP contribution in [0.1, 0.15) is 13.3 Å². The van der Waals surface area contributed by atoms with E-state index in [0.29, 0.717) is 6.61 Å². The van der Waals surface area contributed by atoms with E-state index in [9.17, 15) is 0 Å². The van der Waals surface area contributed by atoms with E-state index in [0.717, 1.165) is 23.1 Å². The van der Waals surface area contributed by atoms with E-state index in [2.05, 4.69) is 16.9 Å². The maximum atomic E-state index is 5.41. The zero-order valence-electron chi connectivity index (χ0n) is 10.7. The van der Waals surface area contributed by atoms with Crippen LogP contribution in [0.4, 0.5) is 5.69 Å². The van der Waals surface area contributed by atoms with E-state index >= 15 is 0 Å². The summed E-state index contributed by atoms with van der Waals surface area (Å²) in [5.41, 5.74) is 0.990. The van der Waals surface area contributed by atoms with Gasteiger partial charge in [0.25, 0.3) is 0 Å². The van der Waals surface area contributed by atoms with Gasteiger partial charge in [-0.3, -0.25) is 0 Å². The van der Waals surface area contributed by atoms with E-state index in [-0.39, 0.29) is 24.0 Å². The Bertz CT molecular complexity index is 394. The van der Waals surface area contributed by atoms with Gasteiger partial charge < -0.3 is 33.6 Å². The summed E-state index contributed by atoms with van der Waals surface area (Å²) in [6.07, 6.45) is 1.24. The van der Waals surface area contributed by atoms with Crippen LogP contribution in [0.15, 0.2) is 29.3 Å². The summed E-state index contributed by atoms with van der Waals surface area (Å²) in [5, 5.41) is 1.11. The highest BCUT2D eigenvalue weighted by atomic mass is 127. The molecule has 0 N–H and O–H groups in total. The maximum absolute atomic E-state index is 5.41. The van der Waals surface area contributed by atoms with Crippen LogP contribution in [0.5, 0.6) is 5.75 Å². The van der Waals surface area contributed by atoms with Gasteiger partial charge in [0.15, 0.2) is 5.17 Å². The van der Waals surface area contributed by atoms with Crippen molar-refractivity contribution in [2.24, 2.45) is 4.99 Å². The van der Waals surface area contributed by atoms with E-state index in [4.69, 9.17) is 4.74 Å². The van der Waals surface area contributed by atoms with E-state index in [1.165, 1.54) is 12.2 Å². The van der Waals surface area contributed by atoms with Crippen molar-refractivity contribution in [2.75, 3.05) is 26.0 Å². The topological polar surface area (TPSA) is 24.8 Å². The number of benzene rings is 1. The molecule has 5 heteroatoms. The third-order valence-corrected chi connectivity index (χ3v) is 3.72. The second kappa shape index (κ2) is 7.89. The molecule has 0 saturated carbocycles. The number of nitrogens with zero attached hydrogens (tertiary/aromatic N) is 2. The lowest BCUT2D eigenvalue weighted by Crippen LogP contribution is -3.00. The van der Waals surface area contributed by atoms with Gasteiger partial charge in [0.1, 0.15) is 5.75 Å². The molecule has 0 unspecified atom stereocenters. The molecule has 18 heavy (non-hydrogen) atoms. The van der Waals surface area contributed by atoms with Crippen molar-refractivity contribution >= 4 is 22.6 Å². The molecular weight excluding hydrogens is 359 g/mol. The predicted molar refractivity (Wildman–Crippen MR) is 74.4 cm³/mol. The first-order chi connectivity index (χ1) is 8.29. The van der Waals surface area contributed by atoms with Crippen LogP contribution >= 0.6 is 11.8 Å². The summed E-state index contributed by atoms with van der Waals surface area (Å²) in [7, 11) is 2.10. The maximum Gasteiger partial charge on any atom is 0.164 e. The molecule has 1 aliphatic heterocycles. The van der Waals surface area contributed by atoms with Crippen LogP contribution in [-0.2, 0) is 0 Å². The quantitative estimate of drug-likeness (QED) is 0.701. The first-order valence-corrected chi connectivity index (χ1v) is 6.93. The molecule has 100 valence electrons. The van der Waals surface area contributed by atoms with E-state index < -0.39 is 0 Å². The Morgan fingerprint density at radius 2 is 2.06 bits per heavy atom. The van der Waals surface area contributed by atoms with Crippen LogP contribution in [-0.4, -0.2) is 36.0 Å². The van der Waals surface area contributed by atoms with Gasteiger partial charge >= 0.3 is 0 Å². The molecule has 0 spiro atoms. The largest absolute Gasteiger partial charge is 1.00 e. The monoisotopic (exact) mass is 377 g/mol. The highest BCUT2D eigenvalue weighted by Crippen LogP contribution is 2.23. The highest BCUT2D eigenvalue weighted by molar-refractivity contribution is 8.13. The third-order valence-electron chi connectivity index (χ3n) is 2.57. The minimum absolute atomic E-state index is 0. The summed E-state index contributed by atoms with van der Waals surface area (Å²) < 4.78 is 5.41. The minimum atomic E-state index is 0. The van der Waals surface area contributed by atoms with Gasteiger partial charge in [0.05, 0.1) is 12.3 Å². The molecule has 1 saturated heterocycles. The molecule has 1 aliphatic rings. The first-order valence-electron chi connectivity index (χ1n) is 5.95. The Morgan fingerprint density at radius 1 is 1.33 bits per heavy atom. The van der Waals surface area contributed by atoms with Crippen molar-refractivity contribution in [1.82, 2.24) is 4.90 Å². The first kappa shape index (κ1) is 15.6. The summed E-state index contributed by atoms with van der Waals surface area (Å²) in [6.45, 7) is 3.79. The molecule has 0 aromatic heterocycles. The Hall–Kier alpha value is -0.430. The normalized spacial score (nSPS) is 17.4. The number of rotatable bonds is 3. The number of ether oxygens (including phenoxy) is 1. The van der Waals surface area contributed by atoms with Crippen LogP contribution in [0.3, 0.4) is 0 Å². The molecule has 1 aromatic rings. The number of hydrogen-bond acceptors (Lipinski definition) is 3. The van der Waals surface area contributed by atoms with Crippen LogP contribution in [0.2, 0.25) is 0 Å². The Morgan fingerprint density at radius 3 is 2.67 bits per heavy atom. The van der Waals surface area contributed by atoms with Gasteiger partial charge in [-0.15, -0.1) is 0 Å². The summed E-state index contributed by atoms with van der Waals surface area (Å²) in [4.78, 5) is 6.86. The number of hydrogen-bond donors (Lipinski definition) is 0. The molecule has 3 nitrogen and oxygen atoms in total. The lowest BCUT2D eigenvalue weighted by Gasteiger charge is -2.25. The SMILES string of the molecule is CCOc1ccc(N=C2SCCCN2C)cc1.[I-]. The Kier molecular flexibility index (Phi) is 6.85. The second-order valence-electron chi connectivity index (χ2n) is 3.94. The molecule has 0 aliphatic carbocycles. The average molecular weight is 377 g/mol. The van der Waals surface area contributed by atoms with Crippen LogP contribution < -0.4 is 28.7 Å². The van der Waals surface area contributed by atoms with Crippen molar-refractivity contribution in [3.05, 3.63) is 24.3 Å². The summed E-state index contributed by atoms with van der Waals surface area (Å²) in [5.74, 6) is 2.07. The van der Waals surface area contributed by atoms with Crippen molar-refractivity contribution in [3.63, 3.8) is 0 Å². The number of halogens is 1. The smallest absolute Gasteiger partial charge is 0.164 e. The molecular formula is C13H18IN2OS-. The molecule has 0 radical (unpaired) electrons. The molecule has 1 fully saturated rings. The van der Waals surface area contributed by atoms with Gasteiger partial charge in [0.2, 0.25) is 0 Å². The van der Waals surface area contributed by atoms with E-state index in [1.807, 2.05) is 43.0 Å². The molecule has 1 aromatic carbocycles. The van der Waals surface area contributed by atoms with Crippen molar-refractivity contribution in [1.29, 1.82) is 0 Å². The Balaban J connectivity index is 0.00000162. The lowest BCUT2D eigenvalue weighted by molar-refractivity contribution is -0.00000406. The fourth-order valence-corrected chi connectivity index (χ4v) is 2.62. The molecule has 2 rings (SSSR count). The fraction of sp³-hybridized carbons (Fsp3) is 0.462. The van der Waals surface area contributed by atoms with Crippen LogP contribution in [0, 0.1) is 0 Å².